The average Bonchev–Trinajstić information content (AvgIpc) is 2.16. The van der Waals surface area contributed by atoms with Gasteiger partial charge in [-0.15, -0.1) is 0 Å². The van der Waals surface area contributed by atoms with Crippen LogP contribution < -0.4 is 0 Å². The molecule has 0 aromatic rings. The highest BCUT2D eigenvalue weighted by Crippen LogP contribution is 2.18. The second-order valence-corrected chi connectivity index (χ2v) is 4.09. The molecule has 1 rings (SSSR count). The largest absolute Gasteiger partial charge is 0.463 e. The molecular formula is C10H19NO4. The van der Waals surface area contributed by atoms with E-state index in [0.29, 0.717) is 13.0 Å². The Morgan fingerprint density at radius 3 is 2.80 bits per heavy atom. The van der Waals surface area contributed by atoms with Gasteiger partial charge >= 0.3 is 5.97 Å². The van der Waals surface area contributed by atoms with E-state index >= 15 is 0 Å². The topological polar surface area (TPSA) is 59.0 Å². The van der Waals surface area contributed by atoms with Gasteiger partial charge in [-0.3, -0.25) is 4.79 Å². The molecule has 0 spiro atoms. The Bertz CT molecular complexity index is 219. The van der Waals surface area contributed by atoms with Gasteiger partial charge in [0.05, 0.1) is 18.8 Å². The predicted octanol–water partition coefficient (Wildman–Crippen LogP) is -0.371. The zero-order valence-corrected chi connectivity index (χ0v) is 9.47. The van der Waals surface area contributed by atoms with E-state index in [1.54, 1.807) is 0 Å². The Kier molecular flexibility index (Phi) is 4.50. The van der Waals surface area contributed by atoms with Gasteiger partial charge in [-0.25, -0.2) is 0 Å². The molecule has 3 atom stereocenters. The van der Waals surface area contributed by atoms with Crippen LogP contribution in [0.5, 0.6) is 0 Å². The number of hydrogen-bond donors (Lipinski definition) is 1. The summed E-state index contributed by atoms with van der Waals surface area (Å²) in [6, 6.07) is 0.0688. The number of rotatable bonds is 3. The molecule has 15 heavy (non-hydrogen) atoms. The third kappa shape index (κ3) is 3.77. The van der Waals surface area contributed by atoms with E-state index in [9.17, 15) is 9.90 Å². The van der Waals surface area contributed by atoms with Gasteiger partial charge in [0.1, 0.15) is 6.61 Å². The lowest BCUT2D eigenvalue weighted by Crippen LogP contribution is -2.49. The Balaban J connectivity index is 2.39. The Morgan fingerprint density at radius 1 is 1.60 bits per heavy atom. The van der Waals surface area contributed by atoms with Crippen LogP contribution in [0.1, 0.15) is 13.3 Å². The van der Waals surface area contributed by atoms with Gasteiger partial charge in [0.25, 0.3) is 0 Å². The fraction of sp³-hybridized carbons (Fsp3) is 0.900. The van der Waals surface area contributed by atoms with Crippen molar-refractivity contribution in [2.45, 2.75) is 31.6 Å². The Morgan fingerprint density at radius 2 is 2.27 bits per heavy atom. The van der Waals surface area contributed by atoms with Gasteiger partial charge in [0, 0.05) is 13.0 Å². The van der Waals surface area contributed by atoms with E-state index in [2.05, 4.69) is 0 Å². The summed E-state index contributed by atoms with van der Waals surface area (Å²) in [5, 5.41) is 9.66. The molecule has 1 saturated heterocycles. The van der Waals surface area contributed by atoms with Gasteiger partial charge in [0.2, 0.25) is 0 Å². The molecule has 5 heteroatoms. The monoisotopic (exact) mass is 217 g/mol. The van der Waals surface area contributed by atoms with Crippen LogP contribution >= 0.6 is 0 Å². The van der Waals surface area contributed by atoms with Crippen LogP contribution in [0.2, 0.25) is 0 Å². The minimum atomic E-state index is -0.464. The van der Waals surface area contributed by atoms with E-state index in [0.717, 1.165) is 0 Å². The van der Waals surface area contributed by atoms with Crippen molar-refractivity contribution in [3.8, 4) is 0 Å². The molecule has 0 saturated carbocycles. The third-order valence-electron chi connectivity index (χ3n) is 2.59. The fourth-order valence-corrected chi connectivity index (χ4v) is 1.72. The highest BCUT2D eigenvalue weighted by Gasteiger charge is 2.31. The number of esters is 1. The number of carbonyl (C=O) groups is 1. The fourth-order valence-electron chi connectivity index (χ4n) is 1.72. The van der Waals surface area contributed by atoms with Crippen LogP contribution in [-0.4, -0.2) is 61.5 Å². The molecule has 0 bridgehead atoms. The maximum atomic E-state index is 10.6. The summed E-state index contributed by atoms with van der Waals surface area (Å²) in [4.78, 5) is 12.6. The summed E-state index contributed by atoms with van der Waals surface area (Å²) in [6.45, 7) is 1.95. The smallest absolute Gasteiger partial charge is 0.302 e. The first-order valence-electron chi connectivity index (χ1n) is 5.10. The quantitative estimate of drug-likeness (QED) is 0.654. The molecule has 0 aromatic heterocycles. The molecule has 5 nitrogen and oxygen atoms in total. The molecule has 1 heterocycles. The van der Waals surface area contributed by atoms with Crippen LogP contribution in [0.4, 0.5) is 0 Å². The molecule has 0 radical (unpaired) electrons. The van der Waals surface area contributed by atoms with Crippen molar-refractivity contribution in [2.24, 2.45) is 0 Å². The molecule has 1 aliphatic rings. The summed E-state index contributed by atoms with van der Waals surface area (Å²) < 4.78 is 10.2. The first-order valence-corrected chi connectivity index (χ1v) is 5.10. The van der Waals surface area contributed by atoms with Crippen LogP contribution in [-0.2, 0) is 14.3 Å². The molecule has 0 aliphatic carbocycles. The van der Waals surface area contributed by atoms with Crippen molar-refractivity contribution in [3.63, 3.8) is 0 Å². The van der Waals surface area contributed by atoms with Gasteiger partial charge in [-0.1, -0.05) is 0 Å². The average molecular weight is 217 g/mol. The van der Waals surface area contributed by atoms with Gasteiger partial charge in [-0.2, -0.15) is 0 Å². The van der Waals surface area contributed by atoms with Crippen molar-refractivity contribution < 1.29 is 19.4 Å². The number of ether oxygens (including phenoxy) is 2. The molecule has 0 unspecified atom stereocenters. The van der Waals surface area contributed by atoms with E-state index < -0.39 is 6.10 Å². The van der Waals surface area contributed by atoms with Crippen molar-refractivity contribution >= 4 is 5.97 Å². The number of likely N-dealkylation sites (N-methyl/N-ethyl adjacent to an activating group) is 1. The maximum Gasteiger partial charge on any atom is 0.302 e. The van der Waals surface area contributed by atoms with Crippen LogP contribution in [0.15, 0.2) is 0 Å². The summed E-state index contributed by atoms with van der Waals surface area (Å²) in [5.74, 6) is -0.300. The molecule has 0 aromatic carbocycles. The zero-order valence-electron chi connectivity index (χ0n) is 9.47. The second-order valence-electron chi connectivity index (χ2n) is 4.09. The Hall–Kier alpha value is -0.650. The van der Waals surface area contributed by atoms with Crippen LogP contribution in [0, 0.1) is 0 Å². The van der Waals surface area contributed by atoms with Gasteiger partial charge in [-0.05, 0) is 20.5 Å². The maximum absolute atomic E-state index is 10.6. The summed E-state index contributed by atoms with van der Waals surface area (Å²) in [5.41, 5.74) is 0. The van der Waals surface area contributed by atoms with E-state index in [-0.39, 0.29) is 24.7 Å². The SMILES string of the molecule is CC(=O)OC[C@@H]1C[C@H](N(C)C)[C@@H](O)CO1. The number of nitrogens with zero attached hydrogens (tertiary/aromatic N) is 1. The van der Waals surface area contributed by atoms with Gasteiger partial charge in [0.15, 0.2) is 0 Å². The standard InChI is InChI=1S/C10H19NO4/c1-7(12)14-5-8-4-9(11(2)3)10(13)6-15-8/h8-10,13H,4-6H2,1-3H3/t8-,9-,10-/m0/s1. The lowest BCUT2D eigenvalue weighted by atomic mass is 10.0. The van der Waals surface area contributed by atoms with E-state index in [4.69, 9.17) is 9.47 Å². The van der Waals surface area contributed by atoms with Gasteiger partial charge < -0.3 is 19.5 Å². The van der Waals surface area contributed by atoms with E-state index in [1.165, 1.54) is 6.92 Å². The third-order valence-corrected chi connectivity index (χ3v) is 2.59. The summed E-state index contributed by atoms with van der Waals surface area (Å²) in [6.07, 6.45) is 0.111. The molecule has 1 fully saturated rings. The first kappa shape index (κ1) is 12.4. The summed E-state index contributed by atoms with van der Waals surface area (Å²) >= 11 is 0. The number of aliphatic hydroxyl groups excluding tert-OH is 1. The van der Waals surface area contributed by atoms with Crippen molar-refractivity contribution in [1.82, 2.24) is 4.90 Å². The zero-order chi connectivity index (χ0) is 11.4. The summed E-state index contributed by atoms with van der Waals surface area (Å²) in [7, 11) is 3.84. The van der Waals surface area contributed by atoms with Crippen molar-refractivity contribution in [2.75, 3.05) is 27.3 Å². The molecule has 88 valence electrons. The highest BCUT2D eigenvalue weighted by molar-refractivity contribution is 5.65. The minimum Gasteiger partial charge on any atom is -0.463 e. The minimum absolute atomic E-state index is 0.0688. The lowest BCUT2D eigenvalue weighted by Gasteiger charge is -2.36. The lowest BCUT2D eigenvalue weighted by molar-refractivity contribution is -0.152. The van der Waals surface area contributed by atoms with Crippen LogP contribution in [0.25, 0.3) is 0 Å². The Labute approximate surface area is 90.0 Å². The highest BCUT2D eigenvalue weighted by atomic mass is 16.6. The number of hydrogen-bond acceptors (Lipinski definition) is 5. The van der Waals surface area contributed by atoms with Crippen LogP contribution in [0.3, 0.4) is 0 Å². The molecule has 1 N–H and O–H groups in total. The second kappa shape index (κ2) is 5.44. The van der Waals surface area contributed by atoms with Crippen molar-refractivity contribution in [3.05, 3.63) is 0 Å². The number of aliphatic hydroxyl groups is 1. The van der Waals surface area contributed by atoms with Crippen molar-refractivity contribution in [1.29, 1.82) is 0 Å². The molecular weight excluding hydrogens is 198 g/mol. The molecule has 1 aliphatic heterocycles. The first-order chi connectivity index (χ1) is 7.00. The normalized spacial score (nSPS) is 31.7. The number of carbonyl (C=O) groups excluding carboxylic acids is 1. The molecule has 0 amide bonds. The predicted molar refractivity (Wildman–Crippen MR) is 54.5 cm³/mol. The van der Waals surface area contributed by atoms with E-state index in [1.807, 2.05) is 19.0 Å².